The summed E-state index contributed by atoms with van der Waals surface area (Å²) in [5.41, 5.74) is 2.17. The number of amidine groups is 1. The zero-order valence-corrected chi connectivity index (χ0v) is 8.15. The van der Waals surface area contributed by atoms with Gasteiger partial charge >= 0.3 is 0 Å². The van der Waals surface area contributed by atoms with Gasteiger partial charge in [-0.25, -0.2) is 10.8 Å². The summed E-state index contributed by atoms with van der Waals surface area (Å²) in [4.78, 5) is 7.27. The van der Waals surface area contributed by atoms with Gasteiger partial charge in [-0.3, -0.25) is 10.6 Å². The number of nitrogens with two attached hydrogens (primary N) is 1. The molecule has 0 radical (unpaired) electrons. The van der Waals surface area contributed by atoms with E-state index in [9.17, 15) is 0 Å². The van der Waals surface area contributed by atoms with E-state index >= 15 is 0 Å². The lowest BCUT2D eigenvalue weighted by molar-refractivity contribution is -0.0158. The Bertz CT molecular complexity index is 516. The Morgan fingerprint density at radius 3 is 3.00 bits per heavy atom. The SMILES string of the molecule is Cc1nc2ccc(C(=N)N(N)O)cc2[nH]1. The maximum Gasteiger partial charge on any atom is 0.170 e. The molecular formula is C9H11N5O. The van der Waals surface area contributed by atoms with Crippen molar-refractivity contribution >= 4 is 16.9 Å². The number of nitrogens with zero attached hydrogens (tertiary/aromatic N) is 2. The van der Waals surface area contributed by atoms with Crippen LogP contribution < -0.4 is 5.84 Å². The predicted octanol–water partition coefficient (Wildman–Crippen LogP) is 0.762. The molecule has 5 N–H and O–H groups in total. The van der Waals surface area contributed by atoms with Crippen molar-refractivity contribution in [1.82, 2.24) is 15.1 Å². The van der Waals surface area contributed by atoms with Gasteiger partial charge in [-0.15, -0.1) is 0 Å². The number of hydroxylamine groups is 1. The van der Waals surface area contributed by atoms with Crippen LogP contribution in [0.3, 0.4) is 0 Å². The molecule has 15 heavy (non-hydrogen) atoms. The first-order chi connectivity index (χ1) is 7.08. The van der Waals surface area contributed by atoms with Gasteiger partial charge in [0.1, 0.15) is 5.82 Å². The Morgan fingerprint density at radius 1 is 1.60 bits per heavy atom. The van der Waals surface area contributed by atoms with E-state index in [1.54, 1.807) is 18.2 Å². The van der Waals surface area contributed by atoms with E-state index in [-0.39, 0.29) is 11.0 Å². The lowest BCUT2D eigenvalue weighted by atomic mass is 10.2. The van der Waals surface area contributed by atoms with Crippen molar-refractivity contribution < 1.29 is 5.21 Å². The number of aryl methyl sites for hydroxylation is 1. The molecule has 2 rings (SSSR count). The van der Waals surface area contributed by atoms with Crippen LogP contribution in [0.1, 0.15) is 11.4 Å². The summed E-state index contributed by atoms with van der Waals surface area (Å²) >= 11 is 0. The standard InChI is InChI=1S/C9H11N5O/c1-5-12-7-3-2-6(4-8(7)13-5)9(10)14(11)15/h2-4,10,15H,11H2,1H3,(H,12,13). The van der Waals surface area contributed by atoms with Crippen LogP contribution in [-0.4, -0.2) is 26.2 Å². The van der Waals surface area contributed by atoms with Crippen LogP contribution in [0.2, 0.25) is 0 Å². The van der Waals surface area contributed by atoms with Crippen LogP contribution in [0.5, 0.6) is 0 Å². The molecule has 78 valence electrons. The molecule has 6 heteroatoms. The van der Waals surface area contributed by atoms with Gasteiger partial charge in [0.05, 0.1) is 11.0 Å². The topological polar surface area (TPSA) is 102 Å². The van der Waals surface area contributed by atoms with Gasteiger partial charge in [0.2, 0.25) is 0 Å². The molecule has 6 nitrogen and oxygen atoms in total. The van der Waals surface area contributed by atoms with Crippen LogP contribution in [0.25, 0.3) is 11.0 Å². The molecule has 2 aromatic rings. The molecule has 0 atom stereocenters. The molecule has 0 spiro atoms. The molecule has 0 unspecified atom stereocenters. The van der Waals surface area contributed by atoms with Gasteiger partial charge in [-0.1, -0.05) is 0 Å². The van der Waals surface area contributed by atoms with Crippen molar-refractivity contribution in [2.24, 2.45) is 5.84 Å². The van der Waals surface area contributed by atoms with Crippen LogP contribution in [-0.2, 0) is 0 Å². The summed E-state index contributed by atoms with van der Waals surface area (Å²) in [6.07, 6.45) is 0. The van der Waals surface area contributed by atoms with Gasteiger partial charge in [-0.05, 0) is 25.1 Å². The quantitative estimate of drug-likeness (QED) is 0.239. The number of aromatic amines is 1. The third kappa shape index (κ3) is 1.67. The number of hydrogen-bond acceptors (Lipinski definition) is 4. The van der Waals surface area contributed by atoms with E-state index < -0.39 is 0 Å². The smallest absolute Gasteiger partial charge is 0.170 e. The number of nitrogens with one attached hydrogen (secondary N) is 2. The molecular weight excluding hydrogens is 194 g/mol. The summed E-state index contributed by atoms with van der Waals surface area (Å²) in [6.45, 7) is 1.85. The molecule has 1 aromatic carbocycles. The number of aromatic nitrogens is 2. The Kier molecular flexibility index (Phi) is 2.14. The highest BCUT2D eigenvalue weighted by Gasteiger charge is 2.07. The number of imidazole rings is 1. The Labute approximate surface area is 85.8 Å². The summed E-state index contributed by atoms with van der Waals surface area (Å²) in [5.74, 6) is 5.70. The zero-order chi connectivity index (χ0) is 11.0. The molecule has 0 aliphatic rings. The minimum Gasteiger partial charge on any atom is -0.342 e. The molecule has 1 aromatic heterocycles. The first-order valence-electron chi connectivity index (χ1n) is 4.37. The number of hydrogen-bond donors (Lipinski definition) is 4. The Balaban J connectivity index is 2.51. The molecule has 0 aliphatic carbocycles. The lowest BCUT2D eigenvalue weighted by Crippen LogP contribution is -2.33. The minimum atomic E-state index is -0.163. The molecule has 0 fully saturated rings. The van der Waals surface area contributed by atoms with Crippen molar-refractivity contribution in [2.75, 3.05) is 0 Å². The van der Waals surface area contributed by atoms with E-state index in [2.05, 4.69) is 9.97 Å². The van der Waals surface area contributed by atoms with Crippen LogP contribution in [0, 0.1) is 12.3 Å². The van der Waals surface area contributed by atoms with Gasteiger partial charge in [-0.2, -0.15) is 5.17 Å². The maximum atomic E-state index is 8.91. The predicted molar refractivity (Wildman–Crippen MR) is 55.5 cm³/mol. The molecule has 0 saturated carbocycles. The van der Waals surface area contributed by atoms with Crippen LogP contribution >= 0.6 is 0 Å². The average molecular weight is 205 g/mol. The molecule has 1 heterocycles. The second-order valence-electron chi connectivity index (χ2n) is 3.25. The number of H-pyrrole nitrogens is 1. The van der Waals surface area contributed by atoms with E-state index in [4.69, 9.17) is 16.5 Å². The third-order valence-electron chi connectivity index (χ3n) is 2.10. The monoisotopic (exact) mass is 205 g/mol. The van der Waals surface area contributed by atoms with Gasteiger partial charge in [0.15, 0.2) is 5.84 Å². The fourth-order valence-electron chi connectivity index (χ4n) is 1.42. The van der Waals surface area contributed by atoms with Crippen molar-refractivity contribution in [2.45, 2.75) is 6.92 Å². The lowest BCUT2D eigenvalue weighted by Gasteiger charge is -2.10. The van der Waals surface area contributed by atoms with E-state index in [1.807, 2.05) is 6.92 Å². The van der Waals surface area contributed by atoms with Crippen molar-refractivity contribution in [3.8, 4) is 0 Å². The third-order valence-corrected chi connectivity index (χ3v) is 2.10. The van der Waals surface area contributed by atoms with Crippen molar-refractivity contribution in [3.63, 3.8) is 0 Å². The number of rotatable bonds is 1. The summed E-state index contributed by atoms with van der Waals surface area (Å²) in [7, 11) is 0. The zero-order valence-electron chi connectivity index (χ0n) is 8.15. The van der Waals surface area contributed by atoms with Gasteiger partial charge in [0.25, 0.3) is 0 Å². The number of hydrazine groups is 1. The van der Waals surface area contributed by atoms with E-state index in [0.717, 1.165) is 16.9 Å². The molecule has 0 aliphatic heterocycles. The number of benzene rings is 1. The minimum absolute atomic E-state index is 0.163. The molecule has 0 saturated heterocycles. The van der Waals surface area contributed by atoms with Gasteiger partial charge < -0.3 is 4.98 Å². The van der Waals surface area contributed by atoms with Crippen molar-refractivity contribution in [3.05, 3.63) is 29.6 Å². The first kappa shape index (κ1) is 9.63. The first-order valence-corrected chi connectivity index (χ1v) is 4.37. The highest BCUT2D eigenvalue weighted by molar-refractivity contribution is 5.98. The second-order valence-corrected chi connectivity index (χ2v) is 3.25. The molecule has 0 amide bonds. The van der Waals surface area contributed by atoms with Gasteiger partial charge in [0, 0.05) is 5.56 Å². The average Bonchev–Trinajstić information content (AvgIpc) is 2.55. The van der Waals surface area contributed by atoms with E-state index in [1.165, 1.54) is 0 Å². The normalized spacial score (nSPS) is 10.6. The van der Waals surface area contributed by atoms with Crippen molar-refractivity contribution in [1.29, 1.82) is 5.41 Å². The number of fused-ring (bicyclic) bond motifs is 1. The van der Waals surface area contributed by atoms with Crippen LogP contribution in [0.4, 0.5) is 0 Å². The Hall–Kier alpha value is -1.92. The second kappa shape index (κ2) is 3.34. The summed E-state index contributed by atoms with van der Waals surface area (Å²) in [6, 6.07) is 5.17. The Morgan fingerprint density at radius 2 is 2.33 bits per heavy atom. The maximum absolute atomic E-state index is 8.91. The van der Waals surface area contributed by atoms with E-state index in [0.29, 0.717) is 5.56 Å². The fraction of sp³-hybridized carbons (Fsp3) is 0.111. The van der Waals surface area contributed by atoms with Crippen LogP contribution in [0.15, 0.2) is 18.2 Å². The molecule has 0 bridgehead atoms. The fourth-order valence-corrected chi connectivity index (χ4v) is 1.42. The summed E-state index contributed by atoms with van der Waals surface area (Å²) in [5, 5.41) is 16.7. The highest BCUT2D eigenvalue weighted by Crippen LogP contribution is 2.13. The summed E-state index contributed by atoms with van der Waals surface area (Å²) < 4.78 is 0. The highest BCUT2D eigenvalue weighted by atomic mass is 16.5. The largest absolute Gasteiger partial charge is 0.342 e.